The number of thiazole rings is 1. The Morgan fingerprint density at radius 3 is 2.83 bits per heavy atom. The van der Waals surface area contributed by atoms with Crippen molar-refractivity contribution < 1.29 is 0 Å². The van der Waals surface area contributed by atoms with E-state index in [0.717, 1.165) is 24.3 Å². The van der Waals surface area contributed by atoms with Crippen molar-refractivity contribution in [3.8, 4) is 0 Å². The van der Waals surface area contributed by atoms with Crippen LogP contribution in [0.3, 0.4) is 0 Å². The van der Waals surface area contributed by atoms with Gasteiger partial charge in [-0.3, -0.25) is 4.90 Å². The van der Waals surface area contributed by atoms with Gasteiger partial charge >= 0.3 is 0 Å². The van der Waals surface area contributed by atoms with E-state index >= 15 is 0 Å². The summed E-state index contributed by atoms with van der Waals surface area (Å²) >= 11 is 1.75. The van der Waals surface area contributed by atoms with Gasteiger partial charge in [0.15, 0.2) is 5.13 Å². The minimum atomic E-state index is 0.105. The SMILES string of the molecule is CC(N)c1cnc(N2CCC(N3CCCC3)C2)s1. The van der Waals surface area contributed by atoms with Gasteiger partial charge in [-0.1, -0.05) is 0 Å². The van der Waals surface area contributed by atoms with Crippen molar-refractivity contribution in [2.24, 2.45) is 5.73 Å². The Morgan fingerprint density at radius 1 is 1.39 bits per heavy atom. The third kappa shape index (κ3) is 2.39. The van der Waals surface area contributed by atoms with Gasteiger partial charge in [-0.05, 0) is 39.3 Å². The first-order chi connectivity index (χ1) is 8.74. The standard InChI is InChI=1S/C13H22N4S/c1-10(14)12-8-15-13(18-12)17-7-4-11(9-17)16-5-2-3-6-16/h8,10-11H,2-7,9,14H2,1H3. The van der Waals surface area contributed by atoms with Gasteiger partial charge in [-0.2, -0.15) is 0 Å². The molecular formula is C13H22N4S. The molecule has 2 N–H and O–H groups in total. The summed E-state index contributed by atoms with van der Waals surface area (Å²) in [5, 5.41) is 1.16. The molecule has 2 atom stereocenters. The van der Waals surface area contributed by atoms with Crippen LogP contribution in [0.2, 0.25) is 0 Å². The highest BCUT2D eigenvalue weighted by molar-refractivity contribution is 7.15. The quantitative estimate of drug-likeness (QED) is 0.907. The lowest BCUT2D eigenvalue weighted by molar-refractivity contribution is 0.260. The molecule has 18 heavy (non-hydrogen) atoms. The number of anilines is 1. The van der Waals surface area contributed by atoms with E-state index in [2.05, 4.69) is 14.8 Å². The molecule has 1 aromatic rings. The smallest absolute Gasteiger partial charge is 0.185 e. The van der Waals surface area contributed by atoms with Gasteiger partial charge in [-0.15, -0.1) is 11.3 Å². The lowest BCUT2D eigenvalue weighted by atomic mass is 10.2. The summed E-state index contributed by atoms with van der Waals surface area (Å²) in [4.78, 5) is 10.8. The van der Waals surface area contributed by atoms with E-state index in [4.69, 9.17) is 5.73 Å². The van der Waals surface area contributed by atoms with Crippen molar-refractivity contribution in [1.82, 2.24) is 9.88 Å². The zero-order chi connectivity index (χ0) is 12.5. The van der Waals surface area contributed by atoms with E-state index in [-0.39, 0.29) is 6.04 Å². The Labute approximate surface area is 113 Å². The van der Waals surface area contributed by atoms with Crippen LogP contribution in [0.15, 0.2) is 6.20 Å². The number of hydrogen-bond acceptors (Lipinski definition) is 5. The number of likely N-dealkylation sites (tertiary alicyclic amines) is 1. The summed E-state index contributed by atoms with van der Waals surface area (Å²) in [5.41, 5.74) is 5.90. The molecule has 0 spiro atoms. The van der Waals surface area contributed by atoms with Crippen LogP contribution in [0.5, 0.6) is 0 Å². The van der Waals surface area contributed by atoms with E-state index in [1.165, 1.54) is 37.2 Å². The van der Waals surface area contributed by atoms with Crippen molar-refractivity contribution in [3.05, 3.63) is 11.1 Å². The van der Waals surface area contributed by atoms with Gasteiger partial charge < -0.3 is 10.6 Å². The Balaban J connectivity index is 1.63. The summed E-state index contributed by atoms with van der Waals surface area (Å²) in [5.74, 6) is 0. The minimum absolute atomic E-state index is 0.105. The normalized spacial score (nSPS) is 27.0. The van der Waals surface area contributed by atoms with E-state index in [1.807, 2.05) is 13.1 Å². The fourth-order valence-corrected chi connectivity index (χ4v) is 3.86. The van der Waals surface area contributed by atoms with E-state index in [9.17, 15) is 0 Å². The number of nitrogens with two attached hydrogens (primary N) is 1. The van der Waals surface area contributed by atoms with Crippen molar-refractivity contribution in [2.45, 2.75) is 38.3 Å². The van der Waals surface area contributed by atoms with Crippen LogP contribution in [-0.4, -0.2) is 42.1 Å². The van der Waals surface area contributed by atoms with Crippen LogP contribution in [0.25, 0.3) is 0 Å². The first kappa shape index (κ1) is 12.4. The molecule has 5 heteroatoms. The number of nitrogens with zero attached hydrogens (tertiary/aromatic N) is 3. The zero-order valence-corrected chi connectivity index (χ0v) is 11.8. The maximum Gasteiger partial charge on any atom is 0.185 e. The molecule has 2 saturated heterocycles. The van der Waals surface area contributed by atoms with Crippen LogP contribution in [-0.2, 0) is 0 Å². The van der Waals surface area contributed by atoms with Crippen molar-refractivity contribution >= 4 is 16.5 Å². The number of hydrogen-bond donors (Lipinski definition) is 1. The first-order valence-corrected chi connectivity index (χ1v) is 7.76. The molecule has 2 aliphatic rings. The van der Waals surface area contributed by atoms with Gasteiger partial charge in [0, 0.05) is 36.2 Å². The highest BCUT2D eigenvalue weighted by Crippen LogP contribution is 2.30. The van der Waals surface area contributed by atoms with E-state index in [1.54, 1.807) is 11.3 Å². The van der Waals surface area contributed by atoms with Crippen molar-refractivity contribution in [2.75, 3.05) is 31.1 Å². The van der Waals surface area contributed by atoms with Crippen molar-refractivity contribution in [3.63, 3.8) is 0 Å². The predicted molar refractivity (Wildman–Crippen MR) is 76.1 cm³/mol. The summed E-state index contributed by atoms with van der Waals surface area (Å²) in [6.07, 6.45) is 5.98. The van der Waals surface area contributed by atoms with E-state index in [0.29, 0.717) is 0 Å². The van der Waals surface area contributed by atoms with Crippen molar-refractivity contribution in [1.29, 1.82) is 0 Å². The summed E-state index contributed by atoms with van der Waals surface area (Å²) in [7, 11) is 0. The summed E-state index contributed by atoms with van der Waals surface area (Å²) < 4.78 is 0. The van der Waals surface area contributed by atoms with Gasteiger partial charge in [-0.25, -0.2) is 4.98 Å². The topological polar surface area (TPSA) is 45.4 Å². The van der Waals surface area contributed by atoms with Gasteiger partial charge in [0.05, 0.1) is 0 Å². The van der Waals surface area contributed by atoms with Crippen LogP contribution in [0, 0.1) is 0 Å². The third-order valence-electron chi connectivity index (χ3n) is 4.05. The number of rotatable bonds is 3. The molecule has 4 nitrogen and oxygen atoms in total. The Morgan fingerprint density at radius 2 is 2.17 bits per heavy atom. The molecule has 3 heterocycles. The maximum atomic E-state index is 5.90. The largest absolute Gasteiger partial charge is 0.346 e. The molecule has 0 amide bonds. The summed E-state index contributed by atoms with van der Waals surface area (Å²) in [6, 6.07) is 0.850. The van der Waals surface area contributed by atoms with Gasteiger partial charge in [0.1, 0.15) is 0 Å². The molecule has 100 valence electrons. The predicted octanol–water partition coefficient (Wildman–Crippen LogP) is 1.84. The molecular weight excluding hydrogens is 244 g/mol. The first-order valence-electron chi connectivity index (χ1n) is 6.94. The average Bonchev–Trinajstić information content (AvgIpc) is 3.10. The minimum Gasteiger partial charge on any atom is -0.346 e. The zero-order valence-electron chi connectivity index (χ0n) is 11.0. The van der Waals surface area contributed by atoms with Crippen LogP contribution < -0.4 is 10.6 Å². The Kier molecular flexibility index (Phi) is 3.54. The Hall–Kier alpha value is -0.650. The fourth-order valence-electron chi connectivity index (χ4n) is 2.95. The molecule has 0 bridgehead atoms. The second-order valence-corrected chi connectivity index (χ2v) is 6.51. The van der Waals surface area contributed by atoms with E-state index < -0.39 is 0 Å². The molecule has 2 unspecified atom stereocenters. The monoisotopic (exact) mass is 266 g/mol. The summed E-state index contributed by atoms with van der Waals surface area (Å²) in [6.45, 7) is 6.90. The fraction of sp³-hybridized carbons (Fsp3) is 0.769. The second kappa shape index (κ2) is 5.15. The van der Waals surface area contributed by atoms with Crippen LogP contribution in [0.1, 0.15) is 37.1 Å². The lowest BCUT2D eigenvalue weighted by Gasteiger charge is -2.23. The maximum absolute atomic E-state index is 5.90. The van der Waals surface area contributed by atoms with Gasteiger partial charge in [0.25, 0.3) is 0 Å². The molecule has 3 rings (SSSR count). The average molecular weight is 266 g/mol. The highest BCUT2D eigenvalue weighted by atomic mass is 32.1. The molecule has 0 aliphatic carbocycles. The second-order valence-electron chi connectivity index (χ2n) is 5.47. The van der Waals surface area contributed by atoms with Crippen LogP contribution in [0.4, 0.5) is 5.13 Å². The molecule has 2 fully saturated rings. The molecule has 2 aliphatic heterocycles. The molecule has 0 radical (unpaired) electrons. The molecule has 0 saturated carbocycles. The lowest BCUT2D eigenvalue weighted by Crippen LogP contribution is -2.35. The third-order valence-corrected chi connectivity index (χ3v) is 5.31. The Bertz CT molecular complexity index is 397. The highest BCUT2D eigenvalue weighted by Gasteiger charge is 2.30. The van der Waals surface area contributed by atoms with Crippen LogP contribution >= 0.6 is 11.3 Å². The van der Waals surface area contributed by atoms with Gasteiger partial charge in [0.2, 0.25) is 0 Å². The number of aromatic nitrogens is 1. The molecule has 0 aromatic carbocycles. The molecule has 1 aromatic heterocycles.